The lowest BCUT2D eigenvalue weighted by Crippen LogP contribution is -2.30. The normalized spacial score (nSPS) is 10.3. The summed E-state index contributed by atoms with van der Waals surface area (Å²) in [5.41, 5.74) is 2.89. The number of hydrogen-bond acceptors (Lipinski definition) is 2. The molecule has 0 saturated carbocycles. The van der Waals surface area contributed by atoms with Crippen LogP contribution in [0.5, 0.6) is 0 Å². The van der Waals surface area contributed by atoms with Gasteiger partial charge in [0.2, 0.25) is 0 Å². The van der Waals surface area contributed by atoms with Crippen molar-refractivity contribution >= 4 is 17.5 Å². The Balaban J connectivity index is 2.18. The van der Waals surface area contributed by atoms with Crippen LogP contribution >= 0.6 is 11.6 Å². The Labute approximate surface area is 124 Å². The number of halogens is 1. The number of aryl methyl sites for hydroxylation is 1. The number of benzene rings is 1. The van der Waals surface area contributed by atoms with Crippen molar-refractivity contribution in [2.75, 3.05) is 6.54 Å². The smallest absolute Gasteiger partial charge is 0.254 e. The molecule has 1 aromatic heterocycles. The minimum Gasteiger partial charge on any atom is -0.335 e. The first kappa shape index (κ1) is 14.5. The van der Waals surface area contributed by atoms with Crippen molar-refractivity contribution in [3.05, 3.63) is 64.4 Å². The van der Waals surface area contributed by atoms with Gasteiger partial charge < -0.3 is 4.90 Å². The summed E-state index contributed by atoms with van der Waals surface area (Å²) in [4.78, 5) is 18.1. The summed E-state index contributed by atoms with van der Waals surface area (Å²) in [6.45, 7) is 5.25. The zero-order chi connectivity index (χ0) is 14.5. The summed E-state index contributed by atoms with van der Waals surface area (Å²) in [5.74, 6) is -0.0293. The van der Waals surface area contributed by atoms with Crippen molar-refractivity contribution in [1.82, 2.24) is 9.88 Å². The van der Waals surface area contributed by atoms with Gasteiger partial charge in [-0.3, -0.25) is 4.79 Å². The summed E-state index contributed by atoms with van der Waals surface area (Å²) >= 11 is 5.84. The van der Waals surface area contributed by atoms with Crippen LogP contribution in [0.1, 0.15) is 28.4 Å². The quantitative estimate of drug-likeness (QED) is 0.804. The molecule has 2 aromatic rings. The van der Waals surface area contributed by atoms with Crippen molar-refractivity contribution in [3.63, 3.8) is 0 Å². The molecule has 0 aliphatic carbocycles. The highest BCUT2D eigenvalue weighted by Gasteiger charge is 2.15. The van der Waals surface area contributed by atoms with Crippen molar-refractivity contribution in [3.8, 4) is 0 Å². The van der Waals surface area contributed by atoms with Crippen LogP contribution in [0.15, 0.2) is 42.6 Å². The molecule has 0 radical (unpaired) electrons. The summed E-state index contributed by atoms with van der Waals surface area (Å²) in [6, 6.07) is 11.5. The van der Waals surface area contributed by atoms with Gasteiger partial charge in [0, 0.05) is 24.8 Å². The molecule has 0 aliphatic rings. The van der Waals surface area contributed by atoms with Gasteiger partial charge in [0.25, 0.3) is 5.91 Å². The third kappa shape index (κ3) is 3.58. The summed E-state index contributed by atoms with van der Waals surface area (Å²) in [7, 11) is 0. The predicted molar refractivity (Wildman–Crippen MR) is 80.8 cm³/mol. The van der Waals surface area contributed by atoms with Crippen molar-refractivity contribution < 1.29 is 4.79 Å². The number of carbonyl (C=O) groups is 1. The SMILES string of the molecule is CCN(Cc1cccc(C)c1)C(=O)c1ccnc(Cl)c1. The lowest BCUT2D eigenvalue weighted by molar-refractivity contribution is 0.0752. The zero-order valence-corrected chi connectivity index (χ0v) is 12.4. The molecule has 0 unspecified atom stereocenters. The zero-order valence-electron chi connectivity index (χ0n) is 11.6. The van der Waals surface area contributed by atoms with Crippen LogP contribution in [0.3, 0.4) is 0 Å². The molecule has 1 amide bonds. The summed E-state index contributed by atoms with van der Waals surface area (Å²) in [6.07, 6.45) is 1.55. The molecule has 4 heteroatoms. The van der Waals surface area contributed by atoms with Crippen LogP contribution in [-0.4, -0.2) is 22.3 Å². The average Bonchev–Trinajstić information content (AvgIpc) is 2.44. The largest absolute Gasteiger partial charge is 0.335 e. The minimum absolute atomic E-state index is 0.0293. The Bertz CT molecular complexity index is 613. The topological polar surface area (TPSA) is 33.2 Å². The maximum Gasteiger partial charge on any atom is 0.254 e. The van der Waals surface area contributed by atoms with Gasteiger partial charge in [0.05, 0.1) is 0 Å². The predicted octanol–water partition coefficient (Wildman–Crippen LogP) is 3.71. The van der Waals surface area contributed by atoms with E-state index in [4.69, 9.17) is 11.6 Å². The number of pyridine rings is 1. The molecule has 3 nitrogen and oxygen atoms in total. The Morgan fingerprint density at radius 2 is 2.10 bits per heavy atom. The first-order chi connectivity index (χ1) is 9.60. The number of nitrogens with zero attached hydrogens (tertiary/aromatic N) is 2. The minimum atomic E-state index is -0.0293. The number of aromatic nitrogens is 1. The molecule has 20 heavy (non-hydrogen) atoms. The van der Waals surface area contributed by atoms with E-state index < -0.39 is 0 Å². The molecule has 104 valence electrons. The second-order valence-corrected chi connectivity index (χ2v) is 5.06. The summed E-state index contributed by atoms with van der Waals surface area (Å²) in [5, 5.41) is 0.336. The van der Waals surface area contributed by atoms with Crippen LogP contribution < -0.4 is 0 Å². The molecular formula is C16H17ClN2O. The first-order valence-corrected chi connectivity index (χ1v) is 6.94. The highest BCUT2D eigenvalue weighted by molar-refractivity contribution is 6.29. The average molecular weight is 289 g/mol. The van der Waals surface area contributed by atoms with E-state index >= 15 is 0 Å². The lowest BCUT2D eigenvalue weighted by atomic mass is 10.1. The monoisotopic (exact) mass is 288 g/mol. The van der Waals surface area contributed by atoms with Crippen LogP contribution in [0.2, 0.25) is 5.15 Å². The summed E-state index contributed by atoms with van der Waals surface area (Å²) < 4.78 is 0. The van der Waals surface area contributed by atoms with Crippen LogP contribution in [0.25, 0.3) is 0 Å². The fraction of sp³-hybridized carbons (Fsp3) is 0.250. The maximum atomic E-state index is 12.5. The Morgan fingerprint density at radius 1 is 1.30 bits per heavy atom. The first-order valence-electron chi connectivity index (χ1n) is 6.56. The molecule has 0 saturated heterocycles. The van der Waals surface area contributed by atoms with E-state index in [1.165, 1.54) is 5.56 Å². The van der Waals surface area contributed by atoms with E-state index in [1.54, 1.807) is 23.2 Å². The maximum absolute atomic E-state index is 12.5. The van der Waals surface area contributed by atoms with Gasteiger partial charge in [0.1, 0.15) is 5.15 Å². The van der Waals surface area contributed by atoms with E-state index in [0.29, 0.717) is 23.8 Å². The Kier molecular flexibility index (Phi) is 4.74. The molecule has 0 fully saturated rings. The molecule has 0 bridgehead atoms. The van der Waals surface area contributed by atoms with Gasteiger partial charge in [-0.25, -0.2) is 4.98 Å². The Hall–Kier alpha value is -1.87. The van der Waals surface area contributed by atoms with Gasteiger partial charge in [-0.15, -0.1) is 0 Å². The third-order valence-corrected chi connectivity index (χ3v) is 3.31. The highest BCUT2D eigenvalue weighted by atomic mass is 35.5. The van der Waals surface area contributed by atoms with Crippen LogP contribution in [0.4, 0.5) is 0 Å². The van der Waals surface area contributed by atoms with E-state index in [-0.39, 0.29) is 5.91 Å². The molecule has 0 aliphatic heterocycles. The van der Waals surface area contributed by atoms with E-state index in [1.807, 2.05) is 32.0 Å². The fourth-order valence-electron chi connectivity index (χ4n) is 2.08. The van der Waals surface area contributed by atoms with Gasteiger partial charge in [0.15, 0.2) is 0 Å². The van der Waals surface area contributed by atoms with Crippen molar-refractivity contribution in [2.24, 2.45) is 0 Å². The molecule has 2 rings (SSSR count). The molecular weight excluding hydrogens is 272 g/mol. The second kappa shape index (κ2) is 6.53. The van der Waals surface area contributed by atoms with Gasteiger partial charge >= 0.3 is 0 Å². The fourth-order valence-corrected chi connectivity index (χ4v) is 2.25. The number of amides is 1. The lowest BCUT2D eigenvalue weighted by Gasteiger charge is -2.21. The molecule has 1 aromatic carbocycles. The number of rotatable bonds is 4. The van der Waals surface area contributed by atoms with Gasteiger partial charge in [-0.05, 0) is 31.5 Å². The Morgan fingerprint density at radius 3 is 2.75 bits per heavy atom. The highest BCUT2D eigenvalue weighted by Crippen LogP contribution is 2.13. The van der Waals surface area contributed by atoms with Crippen molar-refractivity contribution in [1.29, 1.82) is 0 Å². The van der Waals surface area contributed by atoms with Gasteiger partial charge in [-0.1, -0.05) is 41.4 Å². The van der Waals surface area contributed by atoms with Crippen LogP contribution in [0, 0.1) is 6.92 Å². The molecule has 0 atom stereocenters. The third-order valence-electron chi connectivity index (χ3n) is 3.10. The molecule has 0 spiro atoms. The van der Waals surface area contributed by atoms with Crippen LogP contribution in [-0.2, 0) is 6.54 Å². The van der Waals surface area contributed by atoms with Crippen molar-refractivity contribution in [2.45, 2.75) is 20.4 Å². The number of carbonyl (C=O) groups excluding carboxylic acids is 1. The molecule has 1 heterocycles. The number of hydrogen-bond donors (Lipinski definition) is 0. The standard InChI is InChI=1S/C16H17ClN2O/c1-3-19(11-13-6-4-5-12(2)9-13)16(20)14-7-8-18-15(17)10-14/h4-10H,3,11H2,1-2H3. The van der Waals surface area contributed by atoms with E-state index in [0.717, 1.165) is 5.56 Å². The van der Waals surface area contributed by atoms with E-state index in [9.17, 15) is 4.79 Å². The second-order valence-electron chi connectivity index (χ2n) is 4.68. The van der Waals surface area contributed by atoms with E-state index in [2.05, 4.69) is 11.1 Å². The molecule has 0 N–H and O–H groups in total. The van der Waals surface area contributed by atoms with Gasteiger partial charge in [-0.2, -0.15) is 0 Å².